The van der Waals surface area contributed by atoms with Crippen molar-refractivity contribution in [1.82, 2.24) is 0 Å². The maximum atomic E-state index is 11.4. The third kappa shape index (κ3) is 4.17. The summed E-state index contributed by atoms with van der Waals surface area (Å²) in [6, 6.07) is 5.38. The van der Waals surface area contributed by atoms with Crippen LogP contribution in [-0.4, -0.2) is 37.3 Å². The second-order valence-corrected chi connectivity index (χ2v) is 3.98. The normalized spacial score (nSPS) is 12.2. The van der Waals surface area contributed by atoms with Crippen molar-refractivity contribution in [3.05, 3.63) is 29.3 Å². The van der Waals surface area contributed by atoms with E-state index in [4.69, 9.17) is 9.47 Å². The summed E-state index contributed by atoms with van der Waals surface area (Å²) in [6.07, 6.45) is -0.694. The Balaban J connectivity index is 2.75. The molecule has 0 aliphatic rings. The molecule has 4 heteroatoms. The summed E-state index contributed by atoms with van der Waals surface area (Å²) < 4.78 is 10.2. The van der Waals surface area contributed by atoms with Crippen LogP contribution in [-0.2, 0) is 4.74 Å². The first kappa shape index (κ1) is 13.7. The van der Waals surface area contributed by atoms with Gasteiger partial charge in [-0.05, 0) is 31.5 Å². The SMILES string of the molecule is COCC(O)COc1cc(C)ccc1C(C)=O. The van der Waals surface area contributed by atoms with Gasteiger partial charge in [0.15, 0.2) is 5.78 Å². The number of benzene rings is 1. The van der Waals surface area contributed by atoms with Crippen LogP contribution in [0.25, 0.3) is 0 Å². The van der Waals surface area contributed by atoms with E-state index in [9.17, 15) is 9.90 Å². The number of hydrogen-bond donors (Lipinski definition) is 1. The van der Waals surface area contributed by atoms with Crippen LogP contribution in [0, 0.1) is 6.92 Å². The molecule has 0 heterocycles. The second-order valence-electron chi connectivity index (χ2n) is 3.98. The van der Waals surface area contributed by atoms with Gasteiger partial charge in [0.05, 0.1) is 12.2 Å². The molecule has 0 saturated heterocycles. The molecule has 0 aromatic heterocycles. The molecular formula is C13H18O4. The van der Waals surface area contributed by atoms with E-state index >= 15 is 0 Å². The molecule has 0 radical (unpaired) electrons. The number of aliphatic hydroxyl groups is 1. The van der Waals surface area contributed by atoms with E-state index in [1.165, 1.54) is 14.0 Å². The summed E-state index contributed by atoms with van der Waals surface area (Å²) in [4.78, 5) is 11.4. The third-order valence-electron chi connectivity index (χ3n) is 2.31. The van der Waals surface area contributed by atoms with Crippen LogP contribution in [0.3, 0.4) is 0 Å². The number of hydrogen-bond acceptors (Lipinski definition) is 4. The Hall–Kier alpha value is -1.39. The van der Waals surface area contributed by atoms with Gasteiger partial charge in [0.25, 0.3) is 0 Å². The highest BCUT2D eigenvalue weighted by Gasteiger charge is 2.11. The lowest BCUT2D eigenvalue weighted by Gasteiger charge is -2.14. The molecule has 0 saturated carbocycles. The van der Waals surface area contributed by atoms with E-state index in [2.05, 4.69) is 0 Å². The molecule has 0 aliphatic heterocycles. The highest BCUT2D eigenvalue weighted by Crippen LogP contribution is 2.21. The van der Waals surface area contributed by atoms with Crippen LogP contribution in [0.5, 0.6) is 5.75 Å². The van der Waals surface area contributed by atoms with E-state index in [0.29, 0.717) is 11.3 Å². The number of carbonyl (C=O) groups is 1. The summed E-state index contributed by atoms with van der Waals surface area (Å²) in [5.41, 5.74) is 1.53. The van der Waals surface area contributed by atoms with Crippen molar-refractivity contribution in [3.8, 4) is 5.75 Å². The molecule has 1 rings (SSSR count). The van der Waals surface area contributed by atoms with Crippen molar-refractivity contribution >= 4 is 5.78 Å². The van der Waals surface area contributed by atoms with Gasteiger partial charge in [-0.15, -0.1) is 0 Å². The van der Waals surface area contributed by atoms with Gasteiger partial charge in [-0.2, -0.15) is 0 Å². The standard InChI is InChI=1S/C13H18O4/c1-9-4-5-12(10(2)14)13(6-9)17-8-11(15)7-16-3/h4-6,11,15H,7-8H2,1-3H3. The number of rotatable bonds is 6. The first-order valence-electron chi connectivity index (χ1n) is 5.46. The first-order valence-corrected chi connectivity index (χ1v) is 5.46. The fourth-order valence-electron chi connectivity index (χ4n) is 1.47. The van der Waals surface area contributed by atoms with E-state index < -0.39 is 6.10 Å². The third-order valence-corrected chi connectivity index (χ3v) is 2.31. The van der Waals surface area contributed by atoms with Crippen molar-refractivity contribution in [2.24, 2.45) is 0 Å². The van der Waals surface area contributed by atoms with Crippen molar-refractivity contribution in [3.63, 3.8) is 0 Å². The van der Waals surface area contributed by atoms with Crippen molar-refractivity contribution in [2.45, 2.75) is 20.0 Å². The van der Waals surface area contributed by atoms with E-state index in [1.807, 2.05) is 13.0 Å². The number of methoxy groups -OCH3 is 1. The van der Waals surface area contributed by atoms with Gasteiger partial charge >= 0.3 is 0 Å². The maximum absolute atomic E-state index is 11.4. The number of ketones is 1. The lowest BCUT2D eigenvalue weighted by Crippen LogP contribution is -2.23. The average molecular weight is 238 g/mol. The molecule has 0 spiro atoms. The monoisotopic (exact) mass is 238 g/mol. The predicted octanol–water partition coefficient (Wildman–Crippen LogP) is 1.58. The number of ether oxygens (including phenoxy) is 2. The van der Waals surface area contributed by atoms with Crippen LogP contribution in [0.4, 0.5) is 0 Å². The predicted molar refractivity (Wildman–Crippen MR) is 64.6 cm³/mol. The highest BCUT2D eigenvalue weighted by molar-refractivity contribution is 5.96. The van der Waals surface area contributed by atoms with Gasteiger partial charge in [0.2, 0.25) is 0 Å². The zero-order chi connectivity index (χ0) is 12.8. The van der Waals surface area contributed by atoms with Gasteiger partial charge in [-0.3, -0.25) is 4.79 Å². The molecule has 4 nitrogen and oxygen atoms in total. The Kier molecular flexibility index (Phi) is 5.12. The number of aryl methyl sites for hydroxylation is 1. The summed E-state index contributed by atoms with van der Waals surface area (Å²) >= 11 is 0. The lowest BCUT2D eigenvalue weighted by atomic mass is 10.1. The largest absolute Gasteiger partial charge is 0.490 e. The summed E-state index contributed by atoms with van der Waals surface area (Å²) in [7, 11) is 1.51. The van der Waals surface area contributed by atoms with E-state index in [1.54, 1.807) is 12.1 Å². The quantitative estimate of drug-likeness (QED) is 0.764. The molecule has 94 valence electrons. The van der Waals surface area contributed by atoms with Crippen LogP contribution in [0.2, 0.25) is 0 Å². The van der Waals surface area contributed by atoms with Crippen LogP contribution in [0.15, 0.2) is 18.2 Å². The Labute approximate surface area is 101 Å². The second kappa shape index (κ2) is 6.37. The molecule has 0 bridgehead atoms. The van der Waals surface area contributed by atoms with E-state index in [0.717, 1.165) is 5.56 Å². The minimum atomic E-state index is -0.694. The minimum absolute atomic E-state index is 0.0544. The Bertz CT molecular complexity index is 387. The first-order chi connectivity index (χ1) is 8.04. The Morgan fingerprint density at radius 2 is 2.12 bits per heavy atom. The summed E-state index contributed by atoms with van der Waals surface area (Å²) in [5, 5.41) is 9.47. The topological polar surface area (TPSA) is 55.8 Å². The average Bonchev–Trinajstić information content (AvgIpc) is 2.26. The van der Waals surface area contributed by atoms with Gasteiger partial charge in [-0.25, -0.2) is 0 Å². The fourth-order valence-corrected chi connectivity index (χ4v) is 1.47. The van der Waals surface area contributed by atoms with Gasteiger partial charge in [0, 0.05) is 7.11 Å². The van der Waals surface area contributed by atoms with Gasteiger partial charge in [-0.1, -0.05) is 6.07 Å². The molecule has 0 amide bonds. The van der Waals surface area contributed by atoms with Crippen molar-refractivity contribution in [1.29, 1.82) is 0 Å². The Morgan fingerprint density at radius 3 is 2.71 bits per heavy atom. The zero-order valence-electron chi connectivity index (χ0n) is 10.4. The smallest absolute Gasteiger partial charge is 0.163 e. The molecule has 0 fully saturated rings. The molecule has 1 atom stereocenters. The molecule has 1 aromatic rings. The van der Waals surface area contributed by atoms with Crippen LogP contribution >= 0.6 is 0 Å². The zero-order valence-corrected chi connectivity index (χ0v) is 10.4. The van der Waals surface area contributed by atoms with Crippen molar-refractivity contribution in [2.75, 3.05) is 20.3 Å². The molecule has 1 N–H and O–H groups in total. The number of aliphatic hydroxyl groups excluding tert-OH is 1. The van der Waals surface area contributed by atoms with Crippen LogP contribution in [0.1, 0.15) is 22.8 Å². The lowest BCUT2D eigenvalue weighted by molar-refractivity contribution is 0.0323. The Morgan fingerprint density at radius 1 is 1.41 bits per heavy atom. The molecule has 1 aromatic carbocycles. The van der Waals surface area contributed by atoms with Crippen LogP contribution < -0.4 is 4.74 Å². The molecule has 17 heavy (non-hydrogen) atoms. The van der Waals surface area contributed by atoms with Gasteiger partial charge < -0.3 is 14.6 Å². The fraction of sp³-hybridized carbons (Fsp3) is 0.462. The number of Topliss-reactive ketones (excluding diaryl/α,β-unsaturated/α-hetero) is 1. The minimum Gasteiger partial charge on any atom is -0.490 e. The summed E-state index contributed by atoms with van der Waals surface area (Å²) in [5.74, 6) is 0.453. The molecule has 1 unspecified atom stereocenters. The maximum Gasteiger partial charge on any atom is 0.163 e. The van der Waals surface area contributed by atoms with Crippen molar-refractivity contribution < 1.29 is 19.4 Å². The molecular weight excluding hydrogens is 220 g/mol. The molecule has 0 aliphatic carbocycles. The van der Waals surface area contributed by atoms with Gasteiger partial charge in [0.1, 0.15) is 18.5 Å². The number of carbonyl (C=O) groups excluding carboxylic acids is 1. The highest BCUT2D eigenvalue weighted by atomic mass is 16.5. The summed E-state index contributed by atoms with van der Waals surface area (Å²) in [6.45, 7) is 3.73. The van der Waals surface area contributed by atoms with E-state index in [-0.39, 0.29) is 19.0 Å².